The average molecular weight is 356 g/mol. The minimum absolute atomic E-state index is 0.235. The lowest BCUT2D eigenvalue weighted by Gasteiger charge is -2.36. The van der Waals surface area contributed by atoms with Crippen LogP contribution < -0.4 is 0 Å². The summed E-state index contributed by atoms with van der Waals surface area (Å²) < 4.78 is 0. The maximum Gasteiger partial charge on any atom is 0.253 e. The smallest absolute Gasteiger partial charge is 0.253 e. The van der Waals surface area contributed by atoms with E-state index in [0.717, 1.165) is 63.7 Å². The predicted octanol–water partition coefficient (Wildman–Crippen LogP) is 3.16. The first-order chi connectivity index (χ1) is 12.7. The molecule has 1 saturated heterocycles. The topological polar surface area (TPSA) is 26.8 Å². The molecule has 1 saturated carbocycles. The first-order valence-corrected chi connectivity index (χ1v) is 10.6. The molecule has 2 fully saturated rings. The second kappa shape index (κ2) is 8.10. The predicted molar refractivity (Wildman–Crippen MR) is 105 cm³/mol. The fourth-order valence-corrected chi connectivity index (χ4v) is 4.69. The number of fused-ring (bicyclic) bond motifs is 1. The normalized spacial score (nSPS) is 22.6. The zero-order chi connectivity index (χ0) is 17.9. The van der Waals surface area contributed by atoms with Gasteiger partial charge in [0.1, 0.15) is 0 Å². The molecule has 1 aromatic rings. The molecule has 26 heavy (non-hydrogen) atoms. The number of rotatable bonds is 4. The van der Waals surface area contributed by atoms with Crippen molar-refractivity contribution >= 4 is 5.91 Å². The molecule has 0 aromatic heterocycles. The van der Waals surface area contributed by atoms with Crippen molar-refractivity contribution in [2.45, 2.75) is 58.0 Å². The minimum atomic E-state index is 0.235. The summed E-state index contributed by atoms with van der Waals surface area (Å²) in [4.78, 5) is 20.3. The van der Waals surface area contributed by atoms with Crippen molar-refractivity contribution in [3.63, 3.8) is 0 Å². The van der Waals surface area contributed by atoms with Gasteiger partial charge in [-0.25, -0.2) is 0 Å². The van der Waals surface area contributed by atoms with Crippen molar-refractivity contribution in [2.75, 3.05) is 39.3 Å². The van der Waals surface area contributed by atoms with Crippen molar-refractivity contribution in [1.29, 1.82) is 0 Å². The van der Waals surface area contributed by atoms with Crippen molar-refractivity contribution in [1.82, 2.24) is 14.7 Å². The molecule has 0 atom stereocenters. The van der Waals surface area contributed by atoms with Gasteiger partial charge in [0.05, 0.1) is 0 Å². The SMILES string of the molecule is CCCN1CCc2cc(C(=O)N3CCCN(C4CCC4)CC3)ccc2C1. The van der Waals surface area contributed by atoms with E-state index < -0.39 is 0 Å². The van der Waals surface area contributed by atoms with Crippen LogP contribution in [0.1, 0.15) is 60.5 Å². The van der Waals surface area contributed by atoms with Gasteiger partial charge in [0.25, 0.3) is 5.91 Å². The van der Waals surface area contributed by atoms with Gasteiger partial charge < -0.3 is 4.90 Å². The van der Waals surface area contributed by atoms with E-state index in [0.29, 0.717) is 0 Å². The van der Waals surface area contributed by atoms with Crippen LogP contribution in [0.2, 0.25) is 0 Å². The Morgan fingerprint density at radius 1 is 1.04 bits per heavy atom. The molecule has 0 radical (unpaired) electrons. The van der Waals surface area contributed by atoms with Gasteiger partial charge >= 0.3 is 0 Å². The van der Waals surface area contributed by atoms with E-state index in [2.05, 4.69) is 39.8 Å². The van der Waals surface area contributed by atoms with Crippen LogP contribution in [-0.4, -0.2) is 65.9 Å². The highest BCUT2D eigenvalue weighted by atomic mass is 16.2. The monoisotopic (exact) mass is 355 g/mol. The Labute approximate surface area is 158 Å². The molecule has 1 amide bonds. The first-order valence-electron chi connectivity index (χ1n) is 10.6. The molecule has 142 valence electrons. The fraction of sp³-hybridized carbons (Fsp3) is 0.682. The molecule has 2 heterocycles. The fourth-order valence-electron chi connectivity index (χ4n) is 4.69. The van der Waals surface area contributed by atoms with Crippen LogP contribution in [-0.2, 0) is 13.0 Å². The van der Waals surface area contributed by atoms with Gasteiger partial charge in [0.2, 0.25) is 0 Å². The summed E-state index contributed by atoms with van der Waals surface area (Å²) in [6, 6.07) is 7.23. The van der Waals surface area contributed by atoms with Gasteiger partial charge in [0.15, 0.2) is 0 Å². The molecule has 0 bridgehead atoms. The molecular weight excluding hydrogens is 322 g/mol. The summed E-state index contributed by atoms with van der Waals surface area (Å²) in [5.41, 5.74) is 3.69. The van der Waals surface area contributed by atoms with Gasteiger partial charge in [-0.05, 0) is 61.9 Å². The standard InChI is InChI=1S/C22H33N3O/c1-2-10-23-13-9-18-16-19(7-8-20(18)17-23)22(26)25-12-4-11-24(14-15-25)21-5-3-6-21/h7-8,16,21H,2-6,9-15,17H2,1H3. The molecular formula is C22H33N3O. The quantitative estimate of drug-likeness (QED) is 0.830. The van der Waals surface area contributed by atoms with Crippen LogP contribution in [0.5, 0.6) is 0 Å². The third-order valence-electron chi connectivity index (χ3n) is 6.49. The highest BCUT2D eigenvalue weighted by Gasteiger charge is 2.28. The summed E-state index contributed by atoms with van der Waals surface area (Å²) in [7, 11) is 0. The molecule has 1 aliphatic carbocycles. The second-order valence-electron chi connectivity index (χ2n) is 8.28. The summed E-state index contributed by atoms with van der Waals surface area (Å²) >= 11 is 0. The lowest BCUT2D eigenvalue weighted by Crippen LogP contribution is -2.42. The summed E-state index contributed by atoms with van der Waals surface area (Å²) in [6.45, 7) is 9.57. The van der Waals surface area contributed by atoms with Crippen molar-refractivity contribution in [3.8, 4) is 0 Å². The van der Waals surface area contributed by atoms with Crippen LogP contribution >= 0.6 is 0 Å². The van der Waals surface area contributed by atoms with Crippen LogP contribution in [0.4, 0.5) is 0 Å². The number of benzene rings is 1. The average Bonchev–Trinajstić information content (AvgIpc) is 2.85. The third-order valence-corrected chi connectivity index (χ3v) is 6.49. The van der Waals surface area contributed by atoms with Gasteiger partial charge in [-0.15, -0.1) is 0 Å². The van der Waals surface area contributed by atoms with Crippen molar-refractivity contribution < 1.29 is 4.79 Å². The zero-order valence-corrected chi connectivity index (χ0v) is 16.3. The van der Waals surface area contributed by atoms with Crippen LogP contribution in [0.3, 0.4) is 0 Å². The molecule has 4 rings (SSSR count). The van der Waals surface area contributed by atoms with Gasteiger partial charge in [-0.2, -0.15) is 0 Å². The minimum Gasteiger partial charge on any atom is -0.337 e. The number of carbonyl (C=O) groups excluding carboxylic acids is 1. The Hall–Kier alpha value is -1.39. The molecule has 0 spiro atoms. The molecule has 2 aliphatic heterocycles. The lowest BCUT2D eigenvalue weighted by atomic mass is 9.91. The van der Waals surface area contributed by atoms with Crippen LogP contribution in [0.15, 0.2) is 18.2 Å². The largest absolute Gasteiger partial charge is 0.337 e. The Kier molecular flexibility index (Phi) is 5.60. The molecule has 1 aromatic carbocycles. The van der Waals surface area contributed by atoms with Gasteiger partial charge in [-0.3, -0.25) is 14.6 Å². The van der Waals surface area contributed by atoms with E-state index in [4.69, 9.17) is 0 Å². The highest BCUT2D eigenvalue weighted by Crippen LogP contribution is 2.26. The molecule has 4 nitrogen and oxygen atoms in total. The lowest BCUT2D eigenvalue weighted by molar-refractivity contribution is 0.0749. The summed E-state index contributed by atoms with van der Waals surface area (Å²) in [5.74, 6) is 0.235. The first kappa shape index (κ1) is 18.0. The Morgan fingerprint density at radius 2 is 1.92 bits per heavy atom. The van der Waals surface area contributed by atoms with E-state index in [9.17, 15) is 4.79 Å². The van der Waals surface area contributed by atoms with E-state index in [-0.39, 0.29) is 5.91 Å². The number of hydrogen-bond donors (Lipinski definition) is 0. The number of amides is 1. The third kappa shape index (κ3) is 3.81. The van der Waals surface area contributed by atoms with E-state index in [1.807, 2.05) is 0 Å². The molecule has 3 aliphatic rings. The molecule has 0 N–H and O–H groups in total. The number of carbonyl (C=O) groups is 1. The number of nitrogens with zero attached hydrogens (tertiary/aromatic N) is 3. The Bertz CT molecular complexity index is 640. The van der Waals surface area contributed by atoms with Crippen LogP contribution in [0.25, 0.3) is 0 Å². The van der Waals surface area contributed by atoms with Gasteiger partial charge in [0, 0.05) is 50.9 Å². The van der Waals surface area contributed by atoms with E-state index in [1.54, 1.807) is 0 Å². The van der Waals surface area contributed by atoms with Crippen molar-refractivity contribution in [2.24, 2.45) is 0 Å². The van der Waals surface area contributed by atoms with Gasteiger partial charge in [-0.1, -0.05) is 19.4 Å². The van der Waals surface area contributed by atoms with E-state index >= 15 is 0 Å². The summed E-state index contributed by atoms with van der Waals surface area (Å²) in [6.07, 6.45) is 7.49. The Balaban J connectivity index is 1.40. The summed E-state index contributed by atoms with van der Waals surface area (Å²) in [5, 5.41) is 0. The number of hydrogen-bond acceptors (Lipinski definition) is 3. The van der Waals surface area contributed by atoms with E-state index in [1.165, 1.54) is 43.4 Å². The Morgan fingerprint density at radius 3 is 2.69 bits per heavy atom. The molecule has 0 unspecified atom stereocenters. The maximum absolute atomic E-state index is 13.1. The van der Waals surface area contributed by atoms with Crippen LogP contribution in [0, 0.1) is 0 Å². The zero-order valence-electron chi connectivity index (χ0n) is 16.3. The molecule has 4 heteroatoms. The highest BCUT2D eigenvalue weighted by molar-refractivity contribution is 5.94. The maximum atomic E-state index is 13.1. The second-order valence-corrected chi connectivity index (χ2v) is 8.28. The van der Waals surface area contributed by atoms with Crippen molar-refractivity contribution in [3.05, 3.63) is 34.9 Å².